The Morgan fingerprint density at radius 2 is 1.14 bits per heavy atom. The lowest BCUT2D eigenvalue weighted by Gasteiger charge is -2.44. The molecule has 0 saturated carbocycles. The van der Waals surface area contributed by atoms with Gasteiger partial charge in [-0.1, -0.05) is 0 Å². The maximum absolute atomic E-state index is 12.0. The van der Waals surface area contributed by atoms with Crippen LogP contribution in [0.2, 0.25) is 0 Å². The van der Waals surface area contributed by atoms with Crippen molar-refractivity contribution in [2.24, 2.45) is 0 Å². The van der Waals surface area contributed by atoms with E-state index in [4.69, 9.17) is 18.9 Å². The predicted molar refractivity (Wildman–Crippen MR) is 104 cm³/mol. The fourth-order valence-corrected chi connectivity index (χ4v) is 3.59. The number of carboxylic acid groups (broad SMARTS) is 1. The summed E-state index contributed by atoms with van der Waals surface area (Å²) in [4.78, 5) is 12.0. The van der Waals surface area contributed by atoms with Gasteiger partial charge in [0.1, 0.15) is 67.1 Å². The molecule has 2 aliphatic rings. The number of carboxylic acids is 1. The molecular formula is C18H32O17. The van der Waals surface area contributed by atoms with Crippen LogP contribution in [0.15, 0.2) is 0 Å². The van der Waals surface area contributed by atoms with Gasteiger partial charge in [0.15, 0.2) is 18.7 Å². The zero-order chi connectivity index (χ0) is 26.6. The molecule has 0 amide bonds. The van der Waals surface area contributed by atoms with Gasteiger partial charge in [-0.2, -0.15) is 0 Å². The largest absolute Gasteiger partial charge is 0.479 e. The third kappa shape index (κ3) is 6.60. The number of aliphatic hydroxyl groups excluding tert-OH is 11. The van der Waals surface area contributed by atoms with Crippen LogP contribution in [0.1, 0.15) is 0 Å². The monoisotopic (exact) mass is 520 g/mol. The Balaban J connectivity index is 2.35. The van der Waals surface area contributed by atoms with Crippen molar-refractivity contribution in [2.45, 2.75) is 85.8 Å². The number of hydrogen-bond acceptors (Lipinski definition) is 16. The van der Waals surface area contributed by atoms with Crippen LogP contribution < -0.4 is 0 Å². The first-order valence-electron chi connectivity index (χ1n) is 10.5. The van der Waals surface area contributed by atoms with Crippen molar-refractivity contribution < 1.29 is 85.0 Å². The van der Waals surface area contributed by atoms with Crippen molar-refractivity contribution in [3.63, 3.8) is 0 Å². The van der Waals surface area contributed by atoms with Gasteiger partial charge < -0.3 is 80.2 Å². The molecule has 2 rings (SSSR count). The van der Waals surface area contributed by atoms with E-state index in [0.29, 0.717) is 0 Å². The topological polar surface area (TPSA) is 297 Å². The van der Waals surface area contributed by atoms with Crippen molar-refractivity contribution in [1.29, 1.82) is 0 Å². The molecule has 0 aromatic carbocycles. The molecule has 0 radical (unpaired) electrons. The Bertz CT molecular complexity index is 663. The van der Waals surface area contributed by atoms with Crippen molar-refractivity contribution in [3.05, 3.63) is 0 Å². The Morgan fingerprint density at radius 3 is 1.51 bits per heavy atom. The van der Waals surface area contributed by atoms with Gasteiger partial charge in [-0.15, -0.1) is 0 Å². The fourth-order valence-electron chi connectivity index (χ4n) is 3.59. The van der Waals surface area contributed by atoms with Crippen molar-refractivity contribution >= 4 is 5.97 Å². The van der Waals surface area contributed by atoms with E-state index in [1.165, 1.54) is 0 Å². The Hall–Kier alpha value is -1.13. The van der Waals surface area contributed by atoms with E-state index in [9.17, 15) is 66.1 Å². The first kappa shape index (κ1) is 30.1. The van der Waals surface area contributed by atoms with Crippen LogP contribution >= 0.6 is 0 Å². The molecule has 206 valence electrons. The summed E-state index contributed by atoms with van der Waals surface area (Å²) >= 11 is 0. The highest BCUT2D eigenvalue weighted by atomic mass is 16.7. The van der Waals surface area contributed by atoms with Gasteiger partial charge in [0.25, 0.3) is 0 Å². The molecule has 2 saturated heterocycles. The van der Waals surface area contributed by atoms with Gasteiger partial charge in [0.05, 0.1) is 19.8 Å². The molecule has 12 N–H and O–H groups in total. The highest BCUT2D eigenvalue weighted by molar-refractivity contribution is 5.73. The minimum atomic E-state index is -2.40. The van der Waals surface area contributed by atoms with E-state index in [2.05, 4.69) is 0 Å². The third-order valence-electron chi connectivity index (χ3n) is 5.73. The molecule has 0 bridgehead atoms. The first-order valence-corrected chi connectivity index (χ1v) is 10.5. The SMILES string of the molecule is O=C(O)[C@H](O[C@H]1O[C@H](CO)[C@H](O)[C@H](O)[C@H]1O)[C@@H](O[C@H]1O[C@H](CO)[C@H](O)[C@H](O)[C@H]1O)[C@H](O)[C@H](O)CO. The van der Waals surface area contributed by atoms with Gasteiger partial charge in [0, 0.05) is 0 Å². The summed E-state index contributed by atoms with van der Waals surface area (Å²) in [7, 11) is 0. The molecule has 0 unspecified atom stereocenters. The molecule has 0 aromatic heterocycles. The summed E-state index contributed by atoms with van der Waals surface area (Å²) in [5, 5.41) is 118. The molecular weight excluding hydrogens is 488 g/mol. The minimum Gasteiger partial charge on any atom is -0.479 e. The number of ether oxygens (including phenoxy) is 4. The van der Waals surface area contributed by atoms with E-state index < -0.39 is 112 Å². The average molecular weight is 520 g/mol. The van der Waals surface area contributed by atoms with Gasteiger partial charge >= 0.3 is 5.97 Å². The van der Waals surface area contributed by atoms with Crippen LogP contribution in [0.25, 0.3) is 0 Å². The maximum Gasteiger partial charge on any atom is 0.335 e. The number of aliphatic hydroxyl groups is 11. The van der Waals surface area contributed by atoms with Crippen LogP contribution in [0, 0.1) is 0 Å². The number of hydrogen-bond donors (Lipinski definition) is 12. The fraction of sp³-hybridized carbons (Fsp3) is 0.944. The normalized spacial score (nSPS) is 41.7. The van der Waals surface area contributed by atoms with E-state index in [1.807, 2.05) is 0 Å². The molecule has 17 nitrogen and oxygen atoms in total. The summed E-state index contributed by atoms with van der Waals surface area (Å²) < 4.78 is 20.6. The second-order valence-electron chi connectivity index (χ2n) is 8.13. The van der Waals surface area contributed by atoms with Crippen LogP contribution in [-0.4, -0.2) is 173 Å². The second kappa shape index (κ2) is 12.9. The van der Waals surface area contributed by atoms with Gasteiger partial charge in [-0.3, -0.25) is 0 Å². The highest BCUT2D eigenvalue weighted by Crippen LogP contribution is 2.28. The molecule has 35 heavy (non-hydrogen) atoms. The molecule has 2 heterocycles. The number of carbonyl (C=O) groups is 1. The van der Waals surface area contributed by atoms with Crippen molar-refractivity contribution in [1.82, 2.24) is 0 Å². The zero-order valence-electron chi connectivity index (χ0n) is 18.1. The lowest BCUT2D eigenvalue weighted by molar-refractivity contribution is -0.346. The van der Waals surface area contributed by atoms with Gasteiger partial charge in [-0.05, 0) is 0 Å². The molecule has 0 aromatic rings. The lowest BCUT2D eigenvalue weighted by Crippen LogP contribution is -2.64. The molecule has 17 heteroatoms. The molecule has 14 atom stereocenters. The van der Waals surface area contributed by atoms with Crippen molar-refractivity contribution in [2.75, 3.05) is 19.8 Å². The minimum absolute atomic E-state index is 0.874. The quantitative estimate of drug-likeness (QED) is 0.120. The molecule has 0 aliphatic carbocycles. The molecule has 2 fully saturated rings. The van der Waals surface area contributed by atoms with Gasteiger partial charge in [0.2, 0.25) is 0 Å². The van der Waals surface area contributed by atoms with Crippen LogP contribution in [0.3, 0.4) is 0 Å². The summed E-state index contributed by atoms with van der Waals surface area (Å²) in [6.45, 7) is -2.86. The summed E-state index contributed by atoms with van der Waals surface area (Å²) in [6, 6.07) is 0. The Morgan fingerprint density at radius 1 is 0.714 bits per heavy atom. The first-order chi connectivity index (χ1) is 16.4. The smallest absolute Gasteiger partial charge is 0.335 e. The van der Waals surface area contributed by atoms with E-state index in [1.54, 1.807) is 0 Å². The number of rotatable bonds is 11. The standard InChI is InChI=1S/C18H32O17/c19-1-4(22)7(23)14(34-17-12(28)10(26)8(24)5(2-20)32-17)15(16(30)31)35-18-13(29)11(27)9(25)6(3-21)33-18/h4-15,17-29H,1-3H2,(H,30,31)/t4-,5-,6-,7-,8+,9+,10+,11+,12-,13-,14+,15-,17-,18-/m1/s1. The predicted octanol–water partition coefficient (Wildman–Crippen LogP) is -7.84. The van der Waals surface area contributed by atoms with Crippen molar-refractivity contribution in [3.8, 4) is 0 Å². The summed E-state index contributed by atoms with van der Waals surface area (Å²) in [5.74, 6) is -1.92. The molecule has 2 aliphatic heterocycles. The Kier molecular flexibility index (Phi) is 11.1. The molecule has 0 spiro atoms. The zero-order valence-corrected chi connectivity index (χ0v) is 18.1. The summed E-state index contributed by atoms with van der Waals surface area (Å²) in [6.07, 6.45) is -27.7. The highest BCUT2D eigenvalue weighted by Gasteiger charge is 2.51. The number of aliphatic carboxylic acids is 1. The third-order valence-corrected chi connectivity index (χ3v) is 5.73. The van der Waals surface area contributed by atoms with E-state index in [0.717, 1.165) is 0 Å². The Labute approximate surface area is 197 Å². The maximum atomic E-state index is 12.0. The lowest BCUT2D eigenvalue weighted by atomic mass is 9.97. The van der Waals surface area contributed by atoms with Gasteiger partial charge in [-0.25, -0.2) is 4.79 Å². The second-order valence-corrected chi connectivity index (χ2v) is 8.13. The van der Waals surface area contributed by atoms with Crippen LogP contribution in [0.5, 0.6) is 0 Å². The summed E-state index contributed by atoms with van der Waals surface area (Å²) in [5.41, 5.74) is 0. The van der Waals surface area contributed by atoms with Crippen LogP contribution in [0.4, 0.5) is 0 Å². The van der Waals surface area contributed by atoms with E-state index >= 15 is 0 Å². The average Bonchev–Trinajstić information content (AvgIpc) is 2.84. The van der Waals surface area contributed by atoms with E-state index in [-0.39, 0.29) is 0 Å². The van der Waals surface area contributed by atoms with Crippen LogP contribution in [-0.2, 0) is 23.7 Å².